The first-order valence-corrected chi connectivity index (χ1v) is 7.23. The molecule has 2 rings (SSSR count). The lowest BCUT2D eigenvalue weighted by atomic mass is 10.1. The van der Waals surface area contributed by atoms with Gasteiger partial charge in [-0.05, 0) is 36.4 Å². The average Bonchev–Trinajstić information content (AvgIpc) is 2.62. The third kappa shape index (κ3) is 3.36. The number of carbonyl (C=O) groups excluding carboxylic acids is 1. The van der Waals surface area contributed by atoms with Crippen LogP contribution >= 0.6 is 11.6 Å². The molecule has 6 nitrogen and oxygen atoms in total. The molecule has 1 amide bonds. The molecule has 0 atom stereocenters. The number of hydrogen-bond acceptors (Lipinski definition) is 5. The van der Waals surface area contributed by atoms with E-state index in [0.717, 1.165) is 4.90 Å². The number of methoxy groups -OCH3 is 3. The van der Waals surface area contributed by atoms with Crippen LogP contribution in [0.15, 0.2) is 36.4 Å². The molecular weight excluding hydrogens is 332 g/mol. The maximum Gasteiger partial charge on any atom is 0.271 e. The molecular formula is C17H15ClN2O4. The number of ether oxygens (including phenoxy) is 3. The lowest BCUT2D eigenvalue weighted by molar-refractivity contribution is 0.0998. The number of hydrogen-bond donors (Lipinski definition) is 0. The molecule has 2 aromatic rings. The summed E-state index contributed by atoms with van der Waals surface area (Å²) in [6.07, 6.45) is 1.87. The Hall–Kier alpha value is -2.91. The predicted molar refractivity (Wildman–Crippen MR) is 90.0 cm³/mol. The minimum Gasteiger partial charge on any atom is -0.493 e. The van der Waals surface area contributed by atoms with Crippen molar-refractivity contribution in [3.05, 3.63) is 47.0 Å². The summed E-state index contributed by atoms with van der Waals surface area (Å²) in [6.45, 7) is 0. The Morgan fingerprint density at radius 2 is 1.58 bits per heavy atom. The van der Waals surface area contributed by atoms with E-state index in [0.29, 0.717) is 28.0 Å². The molecule has 0 unspecified atom stereocenters. The normalized spacial score (nSPS) is 9.79. The van der Waals surface area contributed by atoms with Crippen molar-refractivity contribution < 1.29 is 19.0 Å². The zero-order valence-electron chi connectivity index (χ0n) is 13.4. The standard InChI is InChI=1S/C17H15ClN2O4/c1-22-14-8-11(9-15(23-2)16(14)24-3)17(21)20(10-19)13-6-4-12(18)5-7-13/h4-9H,1-3H3. The fourth-order valence-electron chi connectivity index (χ4n) is 2.14. The molecule has 0 saturated heterocycles. The summed E-state index contributed by atoms with van der Waals surface area (Å²) >= 11 is 5.84. The summed E-state index contributed by atoms with van der Waals surface area (Å²) in [6, 6.07) is 9.35. The zero-order chi connectivity index (χ0) is 17.7. The van der Waals surface area contributed by atoms with Crippen molar-refractivity contribution in [3.8, 4) is 23.4 Å². The molecule has 0 aliphatic carbocycles. The van der Waals surface area contributed by atoms with Gasteiger partial charge in [-0.1, -0.05) is 11.6 Å². The van der Waals surface area contributed by atoms with Crippen molar-refractivity contribution in [2.75, 3.05) is 26.2 Å². The number of carbonyl (C=O) groups is 1. The maximum absolute atomic E-state index is 12.7. The molecule has 124 valence electrons. The first-order valence-electron chi connectivity index (χ1n) is 6.85. The van der Waals surface area contributed by atoms with Gasteiger partial charge in [0.2, 0.25) is 5.75 Å². The van der Waals surface area contributed by atoms with Gasteiger partial charge in [0.1, 0.15) is 0 Å². The minimum absolute atomic E-state index is 0.223. The second-order valence-corrected chi connectivity index (χ2v) is 5.07. The van der Waals surface area contributed by atoms with E-state index < -0.39 is 5.91 Å². The largest absolute Gasteiger partial charge is 0.493 e. The summed E-state index contributed by atoms with van der Waals surface area (Å²) in [7, 11) is 4.37. The van der Waals surface area contributed by atoms with E-state index >= 15 is 0 Å². The van der Waals surface area contributed by atoms with Crippen LogP contribution in [0.4, 0.5) is 5.69 Å². The van der Waals surface area contributed by atoms with Gasteiger partial charge < -0.3 is 14.2 Å². The third-order valence-electron chi connectivity index (χ3n) is 3.30. The average molecular weight is 347 g/mol. The van der Waals surface area contributed by atoms with Crippen molar-refractivity contribution in [2.24, 2.45) is 0 Å². The van der Waals surface area contributed by atoms with Crippen molar-refractivity contribution in [1.29, 1.82) is 5.26 Å². The first kappa shape index (κ1) is 17.4. The van der Waals surface area contributed by atoms with Crippen LogP contribution in [-0.4, -0.2) is 27.2 Å². The van der Waals surface area contributed by atoms with Gasteiger partial charge in [-0.2, -0.15) is 5.26 Å². The molecule has 0 N–H and O–H groups in total. The Labute approximate surface area is 144 Å². The van der Waals surface area contributed by atoms with Crippen LogP contribution in [0.1, 0.15) is 10.4 Å². The number of rotatable bonds is 5. The Morgan fingerprint density at radius 3 is 2.00 bits per heavy atom. The second-order valence-electron chi connectivity index (χ2n) is 4.63. The number of halogens is 1. The van der Waals surface area contributed by atoms with E-state index in [9.17, 15) is 10.1 Å². The quantitative estimate of drug-likeness (QED) is 0.612. The minimum atomic E-state index is -0.529. The van der Waals surface area contributed by atoms with Crippen molar-refractivity contribution in [1.82, 2.24) is 0 Å². The highest BCUT2D eigenvalue weighted by atomic mass is 35.5. The number of nitriles is 1. The van der Waals surface area contributed by atoms with Crippen LogP contribution in [0.25, 0.3) is 0 Å². The van der Waals surface area contributed by atoms with E-state index in [2.05, 4.69) is 0 Å². The number of benzene rings is 2. The van der Waals surface area contributed by atoms with Crippen LogP contribution in [-0.2, 0) is 0 Å². The topological polar surface area (TPSA) is 71.8 Å². The summed E-state index contributed by atoms with van der Waals surface area (Å²) in [5.41, 5.74) is 0.627. The van der Waals surface area contributed by atoms with Crippen molar-refractivity contribution >= 4 is 23.2 Å². The fourth-order valence-corrected chi connectivity index (χ4v) is 2.27. The van der Waals surface area contributed by atoms with Gasteiger partial charge in [0.25, 0.3) is 5.91 Å². The molecule has 0 saturated carbocycles. The molecule has 0 spiro atoms. The molecule has 0 heterocycles. The SMILES string of the molecule is COc1cc(C(=O)N(C#N)c2ccc(Cl)cc2)cc(OC)c1OC. The predicted octanol–water partition coefficient (Wildman–Crippen LogP) is 3.49. The van der Waals surface area contributed by atoms with Gasteiger partial charge in [-0.25, -0.2) is 4.90 Å². The molecule has 0 bridgehead atoms. The lowest BCUT2D eigenvalue weighted by Crippen LogP contribution is -2.25. The van der Waals surface area contributed by atoms with Gasteiger partial charge in [0.15, 0.2) is 17.7 Å². The van der Waals surface area contributed by atoms with E-state index in [4.69, 9.17) is 25.8 Å². The highest BCUT2D eigenvalue weighted by molar-refractivity contribution is 6.30. The van der Waals surface area contributed by atoms with E-state index in [-0.39, 0.29) is 5.56 Å². The Morgan fingerprint density at radius 1 is 1.04 bits per heavy atom. The Kier molecular flexibility index (Phi) is 5.51. The van der Waals surface area contributed by atoms with Crippen LogP contribution in [0.3, 0.4) is 0 Å². The van der Waals surface area contributed by atoms with Crippen molar-refractivity contribution in [2.45, 2.75) is 0 Å². The Balaban J connectivity index is 2.47. The third-order valence-corrected chi connectivity index (χ3v) is 3.55. The van der Waals surface area contributed by atoms with Gasteiger partial charge >= 0.3 is 0 Å². The summed E-state index contributed by atoms with van der Waals surface area (Å²) in [4.78, 5) is 13.7. The molecule has 24 heavy (non-hydrogen) atoms. The zero-order valence-corrected chi connectivity index (χ0v) is 14.1. The molecule has 0 radical (unpaired) electrons. The number of nitrogens with zero attached hydrogens (tertiary/aromatic N) is 2. The van der Waals surface area contributed by atoms with Crippen LogP contribution in [0.2, 0.25) is 5.02 Å². The van der Waals surface area contributed by atoms with Gasteiger partial charge in [0.05, 0.1) is 27.0 Å². The van der Waals surface area contributed by atoms with Gasteiger partial charge in [0, 0.05) is 10.6 Å². The second kappa shape index (κ2) is 7.57. The monoisotopic (exact) mass is 346 g/mol. The highest BCUT2D eigenvalue weighted by Crippen LogP contribution is 2.38. The summed E-state index contributed by atoms with van der Waals surface area (Å²) in [5, 5.41) is 9.88. The van der Waals surface area contributed by atoms with E-state index in [1.807, 2.05) is 6.19 Å². The fraction of sp³-hybridized carbons (Fsp3) is 0.176. The van der Waals surface area contributed by atoms with Gasteiger partial charge in [-0.15, -0.1) is 0 Å². The first-order chi connectivity index (χ1) is 11.5. The molecule has 0 aliphatic rings. The molecule has 7 heteroatoms. The number of anilines is 1. The molecule has 0 fully saturated rings. The Bertz CT molecular complexity index is 759. The van der Waals surface area contributed by atoms with Gasteiger partial charge in [-0.3, -0.25) is 4.79 Å². The van der Waals surface area contributed by atoms with Crippen LogP contribution in [0.5, 0.6) is 17.2 Å². The lowest BCUT2D eigenvalue weighted by Gasteiger charge is -2.17. The number of amides is 1. The summed E-state index contributed by atoms with van der Waals surface area (Å²) < 4.78 is 15.7. The maximum atomic E-state index is 12.7. The summed E-state index contributed by atoms with van der Waals surface area (Å²) in [5.74, 6) is 0.494. The highest BCUT2D eigenvalue weighted by Gasteiger charge is 2.22. The molecule has 2 aromatic carbocycles. The van der Waals surface area contributed by atoms with E-state index in [1.54, 1.807) is 24.3 Å². The van der Waals surface area contributed by atoms with Crippen LogP contribution < -0.4 is 19.1 Å². The smallest absolute Gasteiger partial charge is 0.271 e. The van der Waals surface area contributed by atoms with Crippen molar-refractivity contribution in [3.63, 3.8) is 0 Å². The molecule has 0 aliphatic heterocycles. The van der Waals surface area contributed by atoms with Crippen LogP contribution in [0, 0.1) is 11.5 Å². The molecule has 0 aromatic heterocycles. The van der Waals surface area contributed by atoms with E-state index in [1.165, 1.54) is 33.5 Å².